The first-order valence-corrected chi connectivity index (χ1v) is 14.9. The number of aliphatic carboxylic acids is 1. The highest BCUT2D eigenvalue weighted by Crippen LogP contribution is 2.36. The number of Topliss-reactive ketones (excluding diaryl/α,β-unsaturated/α-hetero) is 1. The van der Waals surface area contributed by atoms with Gasteiger partial charge in [0, 0.05) is 24.8 Å². The van der Waals surface area contributed by atoms with E-state index in [1.54, 1.807) is 0 Å². The largest absolute Gasteiger partial charge is 0.493 e. The summed E-state index contributed by atoms with van der Waals surface area (Å²) >= 11 is 0. The van der Waals surface area contributed by atoms with Gasteiger partial charge in [0.15, 0.2) is 5.78 Å². The average Bonchev–Trinajstić information content (AvgIpc) is 2.96. The normalized spacial score (nSPS) is 12.4. The van der Waals surface area contributed by atoms with Crippen molar-refractivity contribution in [3.63, 3.8) is 0 Å². The zero-order valence-corrected chi connectivity index (χ0v) is 24.5. The minimum absolute atomic E-state index is 0.0506. The van der Waals surface area contributed by atoms with Crippen LogP contribution in [-0.4, -0.2) is 49.8 Å². The molecule has 1 N–H and O–H groups in total. The summed E-state index contributed by atoms with van der Waals surface area (Å²) in [4.78, 5) is 34.8. The van der Waals surface area contributed by atoms with Gasteiger partial charge in [0.1, 0.15) is 17.2 Å². The van der Waals surface area contributed by atoms with Gasteiger partial charge < -0.3 is 24.1 Å². The molecule has 0 bridgehead atoms. The number of methoxy groups -OCH3 is 1. The van der Waals surface area contributed by atoms with Crippen molar-refractivity contribution in [3.8, 4) is 17.2 Å². The predicted molar refractivity (Wildman–Crippen MR) is 156 cm³/mol. The van der Waals surface area contributed by atoms with E-state index in [9.17, 15) is 19.5 Å². The third kappa shape index (κ3) is 10.1. The van der Waals surface area contributed by atoms with Gasteiger partial charge in [-0.15, -0.1) is 0 Å². The molecule has 0 fully saturated rings. The van der Waals surface area contributed by atoms with Gasteiger partial charge in [0.05, 0.1) is 32.5 Å². The summed E-state index contributed by atoms with van der Waals surface area (Å²) in [6, 6.07) is 9.65. The molecule has 0 unspecified atom stereocenters. The lowest BCUT2D eigenvalue weighted by Crippen LogP contribution is -2.17. The summed E-state index contributed by atoms with van der Waals surface area (Å²) in [5, 5.41) is 9.26. The standard InChI is InChI=1S/C33H44O8/c1-3-11-27-30(18-16-26-28(34)20-23-41-33(26)27)40-21-8-5-4-6-12-24-13-10-14-29(25(24)17-19-31(35)36)39-22-9-7-15-32(37)38-2/h10,13-14,16,18H,3-9,11-12,15,17,19-23H2,1-2H3,(H,35,36). The van der Waals surface area contributed by atoms with E-state index in [2.05, 4.69) is 17.7 Å². The number of benzene rings is 2. The number of esters is 1. The highest BCUT2D eigenvalue weighted by Gasteiger charge is 2.23. The monoisotopic (exact) mass is 568 g/mol. The van der Waals surface area contributed by atoms with Gasteiger partial charge in [0.25, 0.3) is 0 Å². The van der Waals surface area contributed by atoms with Gasteiger partial charge in [-0.25, -0.2) is 0 Å². The summed E-state index contributed by atoms with van der Waals surface area (Å²) in [6.07, 6.45) is 9.22. The number of ether oxygens (including phenoxy) is 4. The topological polar surface area (TPSA) is 108 Å². The third-order valence-electron chi connectivity index (χ3n) is 7.27. The average molecular weight is 569 g/mol. The number of hydrogen-bond donors (Lipinski definition) is 1. The second kappa shape index (κ2) is 17.3. The van der Waals surface area contributed by atoms with Crippen LogP contribution in [0.15, 0.2) is 30.3 Å². The highest BCUT2D eigenvalue weighted by atomic mass is 16.5. The summed E-state index contributed by atoms with van der Waals surface area (Å²) in [5.41, 5.74) is 3.76. The maximum Gasteiger partial charge on any atom is 0.305 e. The second-order valence-electron chi connectivity index (χ2n) is 10.4. The molecule has 0 aliphatic carbocycles. The van der Waals surface area contributed by atoms with Gasteiger partial charge in [-0.2, -0.15) is 0 Å². The summed E-state index contributed by atoms with van der Waals surface area (Å²) in [6.45, 7) is 3.60. The Kier molecular flexibility index (Phi) is 13.5. The number of rotatable bonds is 19. The Hall–Kier alpha value is -3.55. The van der Waals surface area contributed by atoms with Gasteiger partial charge in [-0.3, -0.25) is 14.4 Å². The number of carboxylic acids is 1. The van der Waals surface area contributed by atoms with Gasteiger partial charge in [-0.1, -0.05) is 38.3 Å². The number of carbonyl (C=O) groups excluding carboxylic acids is 2. The van der Waals surface area contributed by atoms with Crippen LogP contribution < -0.4 is 14.2 Å². The minimum atomic E-state index is -0.831. The van der Waals surface area contributed by atoms with Crippen LogP contribution >= 0.6 is 0 Å². The Morgan fingerprint density at radius 1 is 0.854 bits per heavy atom. The molecule has 1 aliphatic rings. The molecule has 2 aromatic carbocycles. The third-order valence-corrected chi connectivity index (χ3v) is 7.27. The molecule has 8 nitrogen and oxygen atoms in total. The molecule has 2 aromatic rings. The Bertz CT molecular complexity index is 1160. The minimum Gasteiger partial charge on any atom is -0.493 e. The van der Waals surface area contributed by atoms with Crippen molar-refractivity contribution in [2.45, 2.75) is 90.4 Å². The molecule has 0 spiro atoms. The van der Waals surface area contributed by atoms with Crippen LogP contribution in [0.25, 0.3) is 0 Å². The van der Waals surface area contributed by atoms with Crippen LogP contribution in [0.2, 0.25) is 0 Å². The molecule has 0 radical (unpaired) electrons. The molecule has 41 heavy (non-hydrogen) atoms. The maximum atomic E-state index is 12.3. The fourth-order valence-electron chi connectivity index (χ4n) is 5.10. The van der Waals surface area contributed by atoms with Gasteiger partial charge in [0.2, 0.25) is 0 Å². The first-order valence-electron chi connectivity index (χ1n) is 14.9. The predicted octanol–water partition coefficient (Wildman–Crippen LogP) is 6.53. The van der Waals surface area contributed by atoms with E-state index in [0.29, 0.717) is 56.8 Å². The number of ketones is 1. The van der Waals surface area contributed by atoms with E-state index in [0.717, 1.165) is 79.6 Å². The molecule has 0 atom stereocenters. The fraction of sp³-hybridized carbons (Fsp3) is 0.545. The summed E-state index contributed by atoms with van der Waals surface area (Å²) in [5.74, 6) is 1.32. The Labute approximate surface area is 243 Å². The first kappa shape index (κ1) is 32.0. The molecule has 224 valence electrons. The Morgan fingerprint density at radius 3 is 2.32 bits per heavy atom. The molecule has 0 amide bonds. The molecule has 0 saturated heterocycles. The summed E-state index contributed by atoms with van der Waals surface area (Å²) < 4.78 is 22.7. The van der Waals surface area contributed by atoms with Crippen LogP contribution in [0.1, 0.15) is 98.2 Å². The number of hydrogen-bond acceptors (Lipinski definition) is 7. The number of fused-ring (bicyclic) bond motifs is 1. The number of unbranched alkanes of at least 4 members (excludes halogenated alkanes) is 4. The molecule has 1 aliphatic heterocycles. The van der Waals surface area contributed by atoms with E-state index in [1.165, 1.54) is 7.11 Å². The van der Waals surface area contributed by atoms with Crippen molar-refractivity contribution < 1.29 is 38.4 Å². The van der Waals surface area contributed by atoms with Gasteiger partial charge in [-0.05, 0) is 74.3 Å². The maximum absolute atomic E-state index is 12.3. The molecular formula is C33H44O8. The van der Waals surface area contributed by atoms with E-state index in [4.69, 9.17) is 14.2 Å². The second-order valence-corrected chi connectivity index (χ2v) is 10.4. The number of carboxylic acid groups (broad SMARTS) is 1. The van der Waals surface area contributed by atoms with E-state index < -0.39 is 5.97 Å². The smallest absolute Gasteiger partial charge is 0.305 e. The van der Waals surface area contributed by atoms with Crippen LogP contribution in [0.4, 0.5) is 0 Å². The quantitative estimate of drug-likeness (QED) is 0.151. The molecule has 3 rings (SSSR count). The fourth-order valence-corrected chi connectivity index (χ4v) is 5.10. The Balaban J connectivity index is 1.47. The van der Waals surface area contributed by atoms with Crippen LogP contribution in [0, 0.1) is 0 Å². The molecular weight excluding hydrogens is 524 g/mol. The van der Waals surface area contributed by atoms with E-state index in [1.807, 2.05) is 24.3 Å². The molecule has 0 aromatic heterocycles. The van der Waals surface area contributed by atoms with Crippen molar-refractivity contribution in [1.29, 1.82) is 0 Å². The van der Waals surface area contributed by atoms with Crippen LogP contribution in [0.3, 0.4) is 0 Å². The van der Waals surface area contributed by atoms with Gasteiger partial charge >= 0.3 is 11.9 Å². The number of aryl methyl sites for hydroxylation is 1. The zero-order valence-electron chi connectivity index (χ0n) is 24.5. The lowest BCUT2D eigenvalue weighted by atomic mass is 9.96. The summed E-state index contributed by atoms with van der Waals surface area (Å²) in [7, 11) is 1.38. The highest BCUT2D eigenvalue weighted by molar-refractivity contribution is 6.00. The molecule has 1 heterocycles. The van der Waals surface area contributed by atoms with Crippen molar-refractivity contribution in [1.82, 2.24) is 0 Å². The number of carbonyl (C=O) groups is 3. The van der Waals surface area contributed by atoms with Crippen molar-refractivity contribution in [2.75, 3.05) is 26.9 Å². The lowest BCUT2D eigenvalue weighted by Gasteiger charge is -2.22. The van der Waals surface area contributed by atoms with E-state index in [-0.39, 0.29) is 18.2 Å². The van der Waals surface area contributed by atoms with Crippen molar-refractivity contribution in [2.24, 2.45) is 0 Å². The lowest BCUT2D eigenvalue weighted by molar-refractivity contribution is -0.140. The first-order chi connectivity index (χ1) is 19.9. The van der Waals surface area contributed by atoms with E-state index >= 15 is 0 Å². The SMILES string of the molecule is CCCc1c(OCCCCCCc2cccc(OCCCCC(=O)OC)c2CCC(=O)O)ccc2c1OCCC2=O. The zero-order chi connectivity index (χ0) is 29.5. The molecule has 8 heteroatoms. The molecule has 0 saturated carbocycles. The Morgan fingerprint density at radius 2 is 1.59 bits per heavy atom. The van der Waals surface area contributed by atoms with Crippen molar-refractivity contribution >= 4 is 17.7 Å². The van der Waals surface area contributed by atoms with Crippen LogP contribution in [-0.2, 0) is 33.6 Å². The van der Waals surface area contributed by atoms with Crippen LogP contribution in [0.5, 0.6) is 17.2 Å². The van der Waals surface area contributed by atoms with Crippen molar-refractivity contribution in [3.05, 3.63) is 52.6 Å².